The Bertz CT molecular complexity index is 268. The molecule has 1 rings (SSSR count). The first kappa shape index (κ1) is 8.73. The molecule has 0 unspecified atom stereocenters. The van der Waals surface area contributed by atoms with E-state index in [0.29, 0.717) is 17.7 Å². The van der Waals surface area contributed by atoms with E-state index in [0.717, 1.165) is 0 Å². The molecule has 1 aromatic heterocycles. The van der Waals surface area contributed by atoms with E-state index in [1.165, 1.54) is 6.26 Å². The lowest BCUT2D eigenvalue weighted by atomic mass is 10.1. The summed E-state index contributed by atoms with van der Waals surface area (Å²) in [6.07, 6.45) is 1.72. The highest BCUT2D eigenvalue weighted by molar-refractivity contribution is 5.67. The SMILES string of the molecule is O=C(O)CCc1conc1CO. The van der Waals surface area contributed by atoms with Gasteiger partial charge in [-0.15, -0.1) is 0 Å². The van der Waals surface area contributed by atoms with Crippen molar-refractivity contribution in [2.45, 2.75) is 19.4 Å². The van der Waals surface area contributed by atoms with Crippen molar-refractivity contribution in [3.05, 3.63) is 17.5 Å². The number of carboxylic acid groups (broad SMARTS) is 1. The first-order valence-electron chi connectivity index (χ1n) is 3.49. The van der Waals surface area contributed by atoms with Crippen LogP contribution in [0, 0.1) is 0 Å². The van der Waals surface area contributed by atoms with Crippen molar-refractivity contribution < 1.29 is 19.5 Å². The van der Waals surface area contributed by atoms with Crippen molar-refractivity contribution in [2.24, 2.45) is 0 Å². The molecule has 5 nitrogen and oxygen atoms in total. The average Bonchev–Trinajstić information content (AvgIpc) is 2.47. The van der Waals surface area contributed by atoms with E-state index in [2.05, 4.69) is 9.68 Å². The van der Waals surface area contributed by atoms with Crippen LogP contribution in [0.3, 0.4) is 0 Å². The van der Waals surface area contributed by atoms with Crippen LogP contribution >= 0.6 is 0 Å². The second-order valence-electron chi connectivity index (χ2n) is 2.34. The molecular formula is C7H9NO4. The molecule has 5 heteroatoms. The fourth-order valence-electron chi connectivity index (χ4n) is 0.855. The predicted octanol–water partition coefficient (Wildman–Crippen LogP) is 0.184. The molecule has 0 saturated heterocycles. The first-order chi connectivity index (χ1) is 5.74. The molecule has 0 aliphatic heterocycles. The van der Waals surface area contributed by atoms with Crippen molar-refractivity contribution in [2.75, 3.05) is 0 Å². The zero-order valence-corrected chi connectivity index (χ0v) is 6.36. The number of hydrogen-bond donors (Lipinski definition) is 2. The number of aliphatic hydroxyl groups is 1. The summed E-state index contributed by atoms with van der Waals surface area (Å²) in [5, 5.41) is 20.6. The predicted molar refractivity (Wildman–Crippen MR) is 38.4 cm³/mol. The number of nitrogens with zero attached hydrogens (tertiary/aromatic N) is 1. The van der Waals surface area contributed by atoms with Gasteiger partial charge in [-0.25, -0.2) is 0 Å². The number of aliphatic hydroxyl groups excluding tert-OH is 1. The van der Waals surface area contributed by atoms with Gasteiger partial charge >= 0.3 is 5.97 Å². The lowest BCUT2D eigenvalue weighted by molar-refractivity contribution is -0.136. The Kier molecular flexibility index (Phi) is 2.82. The number of aromatic nitrogens is 1. The maximum atomic E-state index is 10.2. The molecule has 0 radical (unpaired) electrons. The molecule has 0 fully saturated rings. The quantitative estimate of drug-likeness (QED) is 0.675. The number of rotatable bonds is 4. The molecule has 12 heavy (non-hydrogen) atoms. The van der Waals surface area contributed by atoms with E-state index in [1.807, 2.05) is 0 Å². The Morgan fingerprint density at radius 1 is 1.67 bits per heavy atom. The lowest BCUT2D eigenvalue weighted by Gasteiger charge is -1.93. The van der Waals surface area contributed by atoms with Crippen LogP contribution in [0.1, 0.15) is 17.7 Å². The maximum Gasteiger partial charge on any atom is 0.303 e. The Morgan fingerprint density at radius 3 is 3.00 bits per heavy atom. The molecule has 0 atom stereocenters. The van der Waals surface area contributed by atoms with Gasteiger partial charge < -0.3 is 14.7 Å². The van der Waals surface area contributed by atoms with Crippen molar-refractivity contribution >= 4 is 5.97 Å². The van der Waals surface area contributed by atoms with Crippen LogP contribution in [-0.2, 0) is 17.8 Å². The minimum Gasteiger partial charge on any atom is -0.481 e. The summed E-state index contributed by atoms with van der Waals surface area (Å²) in [6, 6.07) is 0. The van der Waals surface area contributed by atoms with Crippen LogP contribution in [0.25, 0.3) is 0 Å². The maximum absolute atomic E-state index is 10.2. The van der Waals surface area contributed by atoms with Gasteiger partial charge in [0.1, 0.15) is 12.0 Å². The molecule has 0 aliphatic rings. The monoisotopic (exact) mass is 171 g/mol. The summed E-state index contributed by atoms with van der Waals surface area (Å²) < 4.78 is 4.57. The van der Waals surface area contributed by atoms with Gasteiger partial charge in [0.2, 0.25) is 0 Å². The van der Waals surface area contributed by atoms with E-state index < -0.39 is 5.97 Å². The van der Waals surface area contributed by atoms with Gasteiger partial charge in [-0.3, -0.25) is 4.79 Å². The smallest absolute Gasteiger partial charge is 0.303 e. The van der Waals surface area contributed by atoms with Crippen LogP contribution in [0.5, 0.6) is 0 Å². The van der Waals surface area contributed by atoms with Crippen LogP contribution in [0.15, 0.2) is 10.8 Å². The second-order valence-corrected chi connectivity index (χ2v) is 2.34. The molecule has 0 aromatic carbocycles. The van der Waals surface area contributed by atoms with Gasteiger partial charge in [0.15, 0.2) is 0 Å². The molecular weight excluding hydrogens is 162 g/mol. The summed E-state index contributed by atoms with van der Waals surface area (Å²) in [5.74, 6) is -0.875. The molecule has 0 spiro atoms. The second kappa shape index (κ2) is 3.87. The van der Waals surface area contributed by atoms with E-state index in [1.54, 1.807) is 0 Å². The summed E-state index contributed by atoms with van der Waals surface area (Å²) in [4.78, 5) is 10.2. The highest BCUT2D eigenvalue weighted by Crippen LogP contribution is 2.08. The molecule has 0 aliphatic carbocycles. The van der Waals surface area contributed by atoms with Gasteiger partial charge in [0, 0.05) is 12.0 Å². The van der Waals surface area contributed by atoms with Gasteiger partial charge in [-0.2, -0.15) is 0 Å². The number of aliphatic carboxylic acids is 1. The third-order valence-electron chi connectivity index (χ3n) is 1.49. The fraction of sp³-hybridized carbons (Fsp3) is 0.429. The summed E-state index contributed by atoms with van der Waals surface area (Å²) in [6.45, 7) is -0.217. The Balaban J connectivity index is 2.56. The van der Waals surface area contributed by atoms with Crippen molar-refractivity contribution in [1.82, 2.24) is 5.16 Å². The Hall–Kier alpha value is -1.36. The largest absolute Gasteiger partial charge is 0.481 e. The summed E-state index contributed by atoms with van der Waals surface area (Å²) in [7, 11) is 0. The van der Waals surface area contributed by atoms with Crippen LogP contribution in [0.4, 0.5) is 0 Å². The van der Waals surface area contributed by atoms with E-state index in [9.17, 15) is 4.79 Å². The molecule has 1 aromatic rings. The molecule has 66 valence electrons. The third-order valence-corrected chi connectivity index (χ3v) is 1.49. The number of carbonyl (C=O) groups is 1. The molecule has 0 bridgehead atoms. The Morgan fingerprint density at radius 2 is 2.42 bits per heavy atom. The van der Waals surface area contributed by atoms with E-state index in [-0.39, 0.29) is 13.0 Å². The zero-order chi connectivity index (χ0) is 8.97. The van der Waals surface area contributed by atoms with Gasteiger partial charge in [0.05, 0.1) is 6.61 Å². The zero-order valence-electron chi connectivity index (χ0n) is 6.36. The number of carboxylic acids is 1. The van der Waals surface area contributed by atoms with Crippen LogP contribution in [-0.4, -0.2) is 21.3 Å². The standard InChI is InChI=1S/C7H9NO4/c9-3-6-5(4-12-8-6)1-2-7(10)11/h4,9H,1-3H2,(H,10,11). The topological polar surface area (TPSA) is 83.6 Å². The molecule has 2 N–H and O–H groups in total. The van der Waals surface area contributed by atoms with Crippen molar-refractivity contribution in [3.8, 4) is 0 Å². The average molecular weight is 171 g/mol. The highest BCUT2D eigenvalue weighted by Gasteiger charge is 2.07. The van der Waals surface area contributed by atoms with Crippen molar-refractivity contribution in [1.29, 1.82) is 0 Å². The number of aryl methyl sites for hydroxylation is 1. The summed E-state index contributed by atoms with van der Waals surface area (Å²) in [5.41, 5.74) is 1.07. The minimum atomic E-state index is -0.875. The van der Waals surface area contributed by atoms with Gasteiger partial charge in [0.25, 0.3) is 0 Å². The normalized spacial score (nSPS) is 10.1. The minimum absolute atomic E-state index is 0.0220. The first-order valence-corrected chi connectivity index (χ1v) is 3.49. The van der Waals surface area contributed by atoms with Crippen LogP contribution in [0.2, 0.25) is 0 Å². The van der Waals surface area contributed by atoms with Gasteiger partial charge in [-0.1, -0.05) is 5.16 Å². The molecule has 0 saturated carbocycles. The number of hydrogen-bond acceptors (Lipinski definition) is 4. The summed E-state index contributed by atoms with van der Waals surface area (Å²) >= 11 is 0. The molecule has 1 heterocycles. The molecule has 0 amide bonds. The lowest BCUT2D eigenvalue weighted by Crippen LogP contribution is -1.99. The fourth-order valence-corrected chi connectivity index (χ4v) is 0.855. The van der Waals surface area contributed by atoms with Gasteiger partial charge in [-0.05, 0) is 6.42 Å². The Labute approximate surface area is 68.6 Å². The third kappa shape index (κ3) is 2.06. The van der Waals surface area contributed by atoms with Crippen LogP contribution < -0.4 is 0 Å². The van der Waals surface area contributed by atoms with E-state index in [4.69, 9.17) is 10.2 Å². The highest BCUT2D eigenvalue weighted by atomic mass is 16.5. The van der Waals surface area contributed by atoms with Crippen molar-refractivity contribution in [3.63, 3.8) is 0 Å². The van der Waals surface area contributed by atoms with E-state index >= 15 is 0 Å².